The van der Waals surface area contributed by atoms with Crippen LogP contribution < -0.4 is 4.90 Å². The molecule has 24 heavy (non-hydrogen) atoms. The van der Waals surface area contributed by atoms with E-state index in [1.165, 1.54) is 7.11 Å². The van der Waals surface area contributed by atoms with Crippen molar-refractivity contribution in [1.82, 2.24) is 14.3 Å². The molecule has 0 aliphatic heterocycles. The summed E-state index contributed by atoms with van der Waals surface area (Å²) in [7, 11) is 5.16. The van der Waals surface area contributed by atoms with Gasteiger partial charge in [0.25, 0.3) is 0 Å². The normalized spacial score (nSPS) is 12.1. The molecule has 0 spiro atoms. The Morgan fingerprint density at radius 2 is 2.00 bits per heavy atom. The van der Waals surface area contributed by atoms with Gasteiger partial charge in [0.15, 0.2) is 15.6 Å². The molecule has 0 saturated heterocycles. The van der Waals surface area contributed by atoms with Crippen molar-refractivity contribution in [3.63, 3.8) is 0 Å². The number of aromatic amines is 1. The summed E-state index contributed by atoms with van der Waals surface area (Å²) in [5.74, 6) is -1.01. The molecule has 0 fully saturated rings. The van der Waals surface area contributed by atoms with Gasteiger partial charge >= 0.3 is 5.97 Å². The number of aryl methyl sites for hydroxylation is 1. The van der Waals surface area contributed by atoms with Crippen LogP contribution in [-0.2, 0) is 23.1 Å². The fraction of sp³-hybridized carbons (Fsp3) is 0.400. The topological polar surface area (TPSA) is 75.4 Å². The molecule has 0 aliphatic rings. The summed E-state index contributed by atoms with van der Waals surface area (Å²) in [6.07, 6.45) is -0.953. The van der Waals surface area contributed by atoms with E-state index in [0.717, 1.165) is 5.69 Å². The number of carboxylic acid groups (broad SMARTS) is 1. The van der Waals surface area contributed by atoms with Gasteiger partial charge in [0, 0.05) is 40.0 Å². The largest absolute Gasteiger partial charge is 0.479 e. The molecule has 2 aromatic rings. The van der Waals surface area contributed by atoms with Crippen LogP contribution in [0.15, 0.2) is 24.3 Å². The Morgan fingerprint density at radius 3 is 2.46 bits per heavy atom. The highest BCUT2D eigenvalue weighted by molar-refractivity contribution is 7.72. The molecule has 1 aromatic carbocycles. The molecule has 0 bridgehead atoms. The first-order chi connectivity index (χ1) is 11.3. The van der Waals surface area contributed by atoms with Crippen LogP contribution in [0, 0.1) is 9.54 Å². The average Bonchev–Trinajstić information content (AvgIpc) is 2.79. The van der Waals surface area contributed by atoms with Crippen LogP contribution in [0.3, 0.4) is 0 Å². The number of aromatic nitrogens is 3. The minimum absolute atomic E-state index is 0.593. The number of hydrogen-bond donors (Lipinski definition) is 2. The summed E-state index contributed by atoms with van der Waals surface area (Å²) in [6, 6.07) is 7.26. The van der Waals surface area contributed by atoms with Crippen LogP contribution in [-0.4, -0.2) is 46.1 Å². The Morgan fingerprint density at radius 1 is 1.38 bits per heavy atom. The molecule has 1 atom stereocenters. The van der Waals surface area contributed by atoms with Gasteiger partial charge in [0.05, 0.1) is 0 Å². The lowest BCUT2D eigenvalue weighted by Crippen LogP contribution is -2.23. The molecule has 0 saturated carbocycles. The Kier molecular flexibility index (Phi) is 5.92. The number of hydrogen-bond acceptors (Lipinski definition) is 5. The van der Waals surface area contributed by atoms with E-state index in [0.29, 0.717) is 28.2 Å². The van der Waals surface area contributed by atoms with Crippen LogP contribution in [0.5, 0.6) is 0 Å². The Labute approximate surface area is 150 Å². The fourth-order valence-corrected chi connectivity index (χ4v) is 2.98. The zero-order chi connectivity index (χ0) is 17.9. The third-order valence-corrected chi connectivity index (χ3v) is 4.59. The smallest absolute Gasteiger partial charge is 0.337 e. The number of ether oxygens (including phenoxy) is 1. The number of anilines is 1. The lowest BCUT2D eigenvalue weighted by molar-refractivity contribution is -0.148. The summed E-state index contributed by atoms with van der Waals surface area (Å²) in [6.45, 7) is 1.37. The predicted octanol–water partition coefficient (Wildman–Crippen LogP) is 2.52. The number of likely N-dealkylation sites (N-methyl/N-ethyl adjacent to an activating group) is 1. The standard InChI is InChI=1S/C15H20N4O3S2/c1-17(8-9-19-14(23)16-18(2)15(19)24)11-6-4-10(5-7-11)12(22-3)13(20)21/h4-7,12H,8-9H2,1-3H3,(H,16,23)(H,20,21). The van der Waals surface area contributed by atoms with Crippen molar-refractivity contribution in [1.29, 1.82) is 0 Å². The van der Waals surface area contributed by atoms with Crippen LogP contribution in [0.1, 0.15) is 11.7 Å². The monoisotopic (exact) mass is 368 g/mol. The average molecular weight is 368 g/mol. The highest BCUT2D eigenvalue weighted by Crippen LogP contribution is 2.21. The Hall–Kier alpha value is -1.97. The molecule has 1 heterocycles. The molecule has 1 aromatic heterocycles. The van der Waals surface area contributed by atoms with Gasteiger partial charge in [0.2, 0.25) is 0 Å². The number of methoxy groups -OCH3 is 1. The predicted molar refractivity (Wildman–Crippen MR) is 96.5 cm³/mol. The van der Waals surface area contributed by atoms with E-state index in [-0.39, 0.29) is 0 Å². The molecule has 1 unspecified atom stereocenters. The van der Waals surface area contributed by atoms with Crippen molar-refractivity contribution in [3.8, 4) is 0 Å². The van der Waals surface area contributed by atoms with Crippen LogP contribution >= 0.6 is 24.4 Å². The Balaban J connectivity index is 2.07. The third kappa shape index (κ3) is 3.92. The van der Waals surface area contributed by atoms with Crippen LogP contribution in [0.4, 0.5) is 5.69 Å². The number of aliphatic carboxylic acids is 1. The van der Waals surface area contributed by atoms with Crippen molar-refractivity contribution in [2.75, 3.05) is 25.6 Å². The number of carboxylic acids is 1. The number of benzene rings is 1. The summed E-state index contributed by atoms with van der Waals surface area (Å²) >= 11 is 10.6. The van der Waals surface area contributed by atoms with Gasteiger partial charge in [0.1, 0.15) is 0 Å². The first-order valence-electron chi connectivity index (χ1n) is 7.27. The number of nitrogens with zero attached hydrogens (tertiary/aromatic N) is 3. The van der Waals surface area contributed by atoms with Crippen molar-refractivity contribution < 1.29 is 14.6 Å². The van der Waals surface area contributed by atoms with Crippen LogP contribution in [0.25, 0.3) is 0 Å². The number of H-pyrrole nitrogens is 1. The molecule has 0 aliphatic carbocycles. The number of carbonyl (C=O) groups is 1. The van der Waals surface area contributed by atoms with Gasteiger partial charge in [-0.2, -0.15) is 0 Å². The highest BCUT2D eigenvalue weighted by Gasteiger charge is 2.18. The van der Waals surface area contributed by atoms with Crippen LogP contribution in [0.2, 0.25) is 0 Å². The highest BCUT2D eigenvalue weighted by atomic mass is 32.1. The van der Waals surface area contributed by atoms with E-state index in [1.54, 1.807) is 16.8 Å². The second-order valence-corrected chi connectivity index (χ2v) is 6.13. The zero-order valence-corrected chi connectivity index (χ0v) is 15.4. The SMILES string of the molecule is COC(C(=O)O)c1ccc(N(C)CCn2c(=S)[nH]n(C)c2=S)cc1. The molecule has 130 valence electrons. The van der Waals surface area contributed by atoms with Gasteiger partial charge in [-0.3, -0.25) is 14.3 Å². The lowest BCUT2D eigenvalue weighted by Gasteiger charge is -2.20. The molecule has 2 rings (SSSR count). The summed E-state index contributed by atoms with van der Waals surface area (Å²) in [5.41, 5.74) is 1.58. The minimum Gasteiger partial charge on any atom is -0.479 e. The second kappa shape index (κ2) is 7.73. The van der Waals surface area contributed by atoms with Gasteiger partial charge < -0.3 is 14.7 Å². The molecule has 9 heteroatoms. The quantitative estimate of drug-likeness (QED) is 0.732. The van der Waals surface area contributed by atoms with Crippen molar-refractivity contribution in [3.05, 3.63) is 39.4 Å². The van der Waals surface area contributed by atoms with Gasteiger partial charge in [-0.25, -0.2) is 4.79 Å². The zero-order valence-electron chi connectivity index (χ0n) is 13.7. The maximum Gasteiger partial charge on any atom is 0.337 e. The third-order valence-electron chi connectivity index (χ3n) is 3.78. The van der Waals surface area contributed by atoms with E-state index in [4.69, 9.17) is 34.3 Å². The minimum atomic E-state index is -1.01. The van der Waals surface area contributed by atoms with Crippen molar-refractivity contribution in [2.45, 2.75) is 12.6 Å². The van der Waals surface area contributed by atoms with E-state index in [2.05, 4.69) is 10.00 Å². The molecule has 2 N–H and O–H groups in total. The van der Waals surface area contributed by atoms with Gasteiger partial charge in [-0.05, 0) is 42.1 Å². The van der Waals surface area contributed by atoms with E-state index >= 15 is 0 Å². The van der Waals surface area contributed by atoms with Gasteiger partial charge in [-0.1, -0.05) is 12.1 Å². The molecular formula is C15H20N4O3S2. The van der Waals surface area contributed by atoms with Crippen molar-refractivity contribution >= 4 is 36.1 Å². The summed E-state index contributed by atoms with van der Waals surface area (Å²) in [5, 5.41) is 12.1. The molecule has 0 amide bonds. The second-order valence-electron chi connectivity index (χ2n) is 5.38. The number of rotatable bonds is 7. The summed E-state index contributed by atoms with van der Waals surface area (Å²) in [4.78, 5) is 13.2. The van der Waals surface area contributed by atoms with Gasteiger partial charge in [-0.15, -0.1) is 0 Å². The fourth-order valence-electron chi connectivity index (χ4n) is 2.38. The Bertz CT molecular complexity index is 822. The maximum atomic E-state index is 11.1. The van der Waals surface area contributed by atoms with E-state index in [1.807, 2.05) is 30.8 Å². The van der Waals surface area contributed by atoms with E-state index < -0.39 is 12.1 Å². The summed E-state index contributed by atoms with van der Waals surface area (Å²) < 4.78 is 9.80. The van der Waals surface area contributed by atoms with E-state index in [9.17, 15) is 4.79 Å². The molecular weight excluding hydrogens is 348 g/mol. The lowest BCUT2D eigenvalue weighted by atomic mass is 10.1. The maximum absolute atomic E-state index is 11.1. The van der Waals surface area contributed by atoms with Crippen molar-refractivity contribution in [2.24, 2.45) is 7.05 Å². The first kappa shape index (κ1) is 18.4. The number of nitrogens with one attached hydrogen (secondary N) is 1. The first-order valence-corrected chi connectivity index (χ1v) is 8.09. The molecule has 0 radical (unpaired) electrons. The molecule has 7 nitrogen and oxygen atoms in total.